The van der Waals surface area contributed by atoms with Crippen molar-refractivity contribution in [2.75, 3.05) is 36.0 Å². The van der Waals surface area contributed by atoms with E-state index in [-0.39, 0.29) is 18.0 Å². The topological polar surface area (TPSA) is 113 Å². The van der Waals surface area contributed by atoms with Gasteiger partial charge in [0.15, 0.2) is 5.75 Å². The Kier molecular flexibility index (Phi) is 6.62. The second kappa shape index (κ2) is 10.00. The summed E-state index contributed by atoms with van der Waals surface area (Å²) in [5, 5.41) is 24.9. The molecule has 186 valence electrons. The normalized spacial score (nSPS) is 14.8. The average Bonchev–Trinajstić information content (AvgIpc) is 3.17. The Morgan fingerprint density at radius 2 is 1.50 bits per heavy atom. The van der Waals surface area contributed by atoms with Crippen LogP contribution in [0, 0.1) is 6.92 Å². The fourth-order valence-electron chi connectivity index (χ4n) is 4.34. The summed E-state index contributed by atoms with van der Waals surface area (Å²) in [5.41, 5.74) is 2.13. The summed E-state index contributed by atoms with van der Waals surface area (Å²) >= 11 is 5.92. The fourth-order valence-corrected chi connectivity index (χ4v) is 4.47. The van der Waals surface area contributed by atoms with Crippen LogP contribution in [0.5, 0.6) is 5.75 Å². The third-order valence-corrected chi connectivity index (χ3v) is 6.51. The smallest absolute Gasteiger partial charge is 0.350 e. The lowest BCUT2D eigenvalue weighted by molar-refractivity contribution is 0.149. The highest BCUT2D eigenvalue weighted by atomic mass is 35.5. The zero-order valence-corrected chi connectivity index (χ0v) is 20.5. The van der Waals surface area contributed by atoms with Crippen LogP contribution in [0.2, 0.25) is 5.02 Å². The zero-order valence-electron chi connectivity index (χ0n) is 19.7. The lowest BCUT2D eigenvalue weighted by atomic mass is 10.1. The van der Waals surface area contributed by atoms with E-state index in [0.29, 0.717) is 28.0 Å². The maximum atomic E-state index is 13.1. The third-order valence-electron chi connectivity index (χ3n) is 6.26. The van der Waals surface area contributed by atoms with E-state index < -0.39 is 6.10 Å². The molecule has 11 heteroatoms. The first kappa shape index (κ1) is 23.8. The molecule has 1 aliphatic rings. The summed E-state index contributed by atoms with van der Waals surface area (Å²) in [5.74, 6) is 1.20. The van der Waals surface area contributed by atoms with Gasteiger partial charge in [0.1, 0.15) is 5.82 Å². The summed E-state index contributed by atoms with van der Waals surface area (Å²) in [7, 11) is 0. The number of hydrogen-bond donors (Lipinski definition) is 2. The third kappa shape index (κ3) is 4.91. The molecule has 1 fully saturated rings. The lowest BCUT2D eigenvalue weighted by Gasteiger charge is -2.36. The Labute approximate surface area is 212 Å². The molecule has 1 aliphatic heterocycles. The van der Waals surface area contributed by atoms with Crippen molar-refractivity contribution >= 4 is 23.2 Å². The van der Waals surface area contributed by atoms with Crippen molar-refractivity contribution in [1.29, 1.82) is 0 Å². The molecule has 1 saturated heterocycles. The van der Waals surface area contributed by atoms with Gasteiger partial charge in [-0.15, -0.1) is 0 Å². The van der Waals surface area contributed by atoms with Crippen LogP contribution < -0.4 is 15.5 Å². The highest BCUT2D eigenvalue weighted by molar-refractivity contribution is 6.30. The summed E-state index contributed by atoms with van der Waals surface area (Å²) in [4.78, 5) is 25.8. The van der Waals surface area contributed by atoms with Crippen LogP contribution in [-0.4, -0.2) is 60.7 Å². The molecule has 36 heavy (non-hydrogen) atoms. The lowest BCUT2D eigenvalue weighted by Crippen LogP contribution is -2.47. The van der Waals surface area contributed by atoms with Crippen molar-refractivity contribution < 1.29 is 10.2 Å². The largest absolute Gasteiger partial charge is 0.505 e. The number of benzene rings is 2. The Morgan fingerprint density at radius 1 is 0.917 bits per heavy atom. The van der Waals surface area contributed by atoms with Gasteiger partial charge in [0.25, 0.3) is 0 Å². The fraction of sp³-hybridized carbons (Fsp3) is 0.280. The van der Waals surface area contributed by atoms with Crippen LogP contribution in [0.15, 0.2) is 65.7 Å². The van der Waals surface area contributed by atoms with E-state index in [1.54, 1.807) is 35.8 Å². The van der Waals surface area contributed by atoms with Crippen LogP contribution in [0.3, 0.4) is 0 Å². The van der Waals surface area contributed by atoms with Crippen LogP contribution in [0.1, 0.15) is 17.5 Å². The first-order chi connectivity index (χ1) is 17.4. The second-order valence-corrected chi connectivity index (χ2v) is 9.08. The van der Waals surface area contributed by atoms with Gasteiger partial charge in [-0.05, 0) is 48.9 Å². The highest BCUT2D eigenvalue weighted by Gasteiger charge is 2.20. The van der Waals surface area contributed by atoms with E-state index in [0.717, 1.165) is 31.9 Å². The van der Waals surface area contributed by atoms with Gasteiger partial charge in [-0.2, -0.15) is 5.10 Å². The second-order valence-electron chi connectivity index (χ2n) is 8.65. The minimum absolute atomic E-state index is 0.0431. The number of anilines is 2. The number of aliphatic hydroxyl groups is 1. The molecule has 1 atom stereocenters. The molecule has 2 N–H and O–H groups in total. The summed E-state index contributed by atoms with van der Waals surface area (Å²) in [6, 6.07) is 14.7. The minimum atomic E-state index is -0.879. The summed E-state index contributed by atoms with van der Waals surface area (Å²) < 4.78 is 2.82. The van der Waals surface area contributed by atoms with Gasteiger partial charge < -0.3 is 20.0 Å². The molecular formula is C25H26ClN7O3. The standard InChI is InChI=1S/C25H26ClN7O3/c1-17-29-32(16-23(35)18-2-4-19(26)5-3-18)25(36)33(17)21-8-6-20(7-9-21)30-10-12-31(13-11-30)24-27-14-22(34)15-28-24/h2-9,14-15,23,34-35H,10-13,16H2,1H3. The first-order valence-electron chi connectivity index (χ1n) is 11.6. The van der Waals surface area contributed by atoms with Crippen molar-refractivity contribution in [3.8, 4) is 11.4 Å². The molecular weight excluding hydrogens is 482 g/mol. The predicted molar refractivity (Wildman–Crippen MR) is 137 cm³/mol. The van der Waals surface area contributed by atoms with E-state index in [1.165, 1.54) is 17.1 Å². The number of halogens is 1. The minimum Gasteiger partial charge on any atom is -0.505 e. The van der Waals surface area contributed by atoms with Gasteiger partial charge >= 0.3 is 5.69 Å². The van der Waals surface area contributed by atoms with Gasteiger partial charge in [0.2, 0.25) is 5.95 Å². The number of aryl methyl sites for hydroxylation is 1. The van der Waals surface area contributed by atoms with Crippen molar-refractivity contribution in [3.05, 3.63) is 87.8 Å². The SMILES string of the molecule is Cc1nn(CC(O)c2ccc(Cl)cc2)c(=O)n1-c1ccc(N2CCN(c3ncc(O)cn3)CC2)cc1. The van der Waals surface area contributed by atoms with Crippen molar-refractivity contribution in [2.45, 2.75) is 19.6 Å². The molecule has 3 heterocycles. The number of aromatic hydroxyl groups is 1. The maximum Gasteiger partial charge on any atom is 0.350 e. The number of piperazine rings is 1. The molecule has 5 rings (SSSR count). The average molecular weight is 508 g/mol. The van der Waals surface area contributed by atoms with Gasteiger partial charge in [-0.3, -0.25) is 0 Å². The molecule has 0 spiro atoms. The quantitative estimate of drug-likeness (QED) is 0.409. The van der Waals surface area contributed by atoms with Crippen LogP contribution in [0.25, 0.3) is 5.69 Å². The van der Waals surface area contributed by atoms with Crippen molar-refractivity contribution in [3.63, 3.8) is 0 Å². The molecule has 0 aliphatic carbocycles. The maximum absolute atomic E-state index is 13.1. The first-order valence-corrected chi connectivity index (χ1v) is 12.0. The van der Waals surface area contributed by atoms with Crippen LogP contribution in [-0.2, 0) is 6.54 Å². The Morgan fingerprint density at radius 3 is 2.14 bits per heavy atom. The van der Waals surface area contributed by atoms with Gasteiger partial charge in [-0.25, -0.2) is 24.0 Å². The number of rotatable bonds is 6. The van der Waals surface area contributed by atoms with Crippen molar-refractivity contribution in [1.82, 2.24) is 24.3 Å². The molecule has 0 radical (unpaired) electrons. The Balaban J connectivity index is 1.26. The van der Waals surface area contributed by atoms with Gasteiger partial charge in [-0.1, -0.05) is 23.7 Å². The van der Waals surface area contributed by atoms with Crippen molar-refractivity contribution in [2.24, 2.45) is 0 Å². The van der Waals surface area contributed by atoms with Crippen LogP contribution >= 0.6 is 11.6 Å². The molecule has 1 unspecified atom stereocenters. The van der Waals surface area contributed by atoms with E-state index in [9.17, 15) is 15.0 Å². The monoisotopic (exact) mass is 507 g/mol. The number of nitrogens with zero attached hydrogens (tertiary/aromatic N) is 7. The van der Waals surface area contributed by atoms with Gasteiger partial charge in [0, 0.05) is 36.9 Å². The number of aromatic nitrogens is 5. The summed E-state index contributed by atoms with van der Waals surface area (Å²) in [6.07, 6.45) is 1.92. The Bertz CT molecular complexity index is 1380. The highest BCUT2D eigenvalue weighted by Crippen LogP contribution is 2.22. The molecule has 10 nitrogen and oxygen atoms in total. The van der Waals surface area contributed by atoms with E-state index in [1.807, 2.05) is 24.3 Å². The zero-order chi connectivity index (χ0) is 25.2. The van der Waals surface area contributed by atoms with E-state index in [4.69, 9.17) is 11.6 Å². The molecule has 4 aromatic rings. The molecule has 2 aromatic heterocycles. The van der Waals surface area contributed by atoms with Gasteiger partial charge in [0.05, 0.1) is 30.7 Å². The Hall–Kier alpha value is -3.89. The van der Waals surface area contributed by atoms with E-state index in [2.05, 4.69) is 24.9 Å². The predicted octanol–water partition coefficient (Wildman–Crippen LogP) is 2.55. The molecule has 0 amide bonds. The molecule has 0 bridgehead atoms. The number of hydrogen-bond acceptors (Lipinski definition) is 8. The summed E-state index contributed by atoms with van der Waals surface area (Å²) in [6.45, 7) is 4.92. The van der Waals surface area contributed by atoms with E-state index >= 15 is 0 Å². The van der Waals surface area contributed by atoms with Crippen LogP contribution in [0.4, 0.5) is 11.6 Å². The molecule has 0 saturated carbocycles. The number of aliphatic hydroxyl groups excluding tert-OH is 1. The molecule has 2 aromatic carbocycles.